The summed E-state index contributed by atoms with van der Waals surface area (Å²) in [4.78, 5) is 24.8. The Morgan fingerprint density at radius 1 is 1.32 bits per heavy atom. The largest absolute Gasteiger partial charge is 0.508 e. The van der Waals surface area contributed by atoms with Crippen molar-refractivity contribution in [2.75, 3.05) is 6.54 Å². The van der Waals surface area contributed by atoms with Gasteiger partial charge in [0, 0.05) is 6.54 Å². The number of carbonyl (C=O) groups excluding carboxylic acids is 1. The number of rotatable bonds is 3. The van der Waals surface area contributed by atoms with Crippen LogP contribution in [0.1, 0.15) is 24.8 Å². The van der Waals surface area contributed by atoms with Gasteiger partial charge in [-0.25, -0.2) is 4.79 Å². The predicted molar refractivity (Wildman–Crippen MR) is 68.8 cm³/mol. The van der Waals surface area contributed by atoms with Crippen molar-refractivity contribution in [2.24, 2.45) is 0 Å². The van der Waals surface area contributed by atoms with Crippen LogP contribution in [0.5, 0.6) is 5.75 Å². The molecule has 5 nitrogen and oxygen atoms in total. The molecule has 0 unspecified atom stereocenters. The topological polar surface area (TPSA) is 77.8 Å². The Hall–Kier alpha value is -2.04. The van der Waals surface area contributed by atoms with E-state index in [1.165, 1.54) is 17.0 Å². The predicted octanol–water partition coefficient (Wildman–Crippen LogP) is 1.40. The van der Waals surface area contributed by atoms with Crippen LogP contribution in [0.25, 0.3) is 0 Å². The van der Waals surface area contributed by atoms with E-state index in [2.05, 4.69) is 0 Å². The number of nitrogens with zero attached hydrogens (tertiary/aromatic N) is 1. The minimum absolute atomic E-state index is 0.110. The van der Waals surface area contributed by atoms with Gasteiger partial charge < -0.3 is 15.1 Å². The van der Waals surface area contributed by atoms with E-state index in [4.69, 9.17) is 5.11 Å². The molecule has 2 rings (SSSR count). The fraction of sp³-hybridized carbons (Fsp3) is 0.429. The number of carboxylic acids is 1. The molecule has 1 atom stereocenters. The molecule has 19 heavy (non-hydrogen) atoms. The van der Waals surface area contributed by atoms with Gasteiger partial charge in [0.1, 0.15) is 11.8 Å². The second-order valence-electron chi connectivity index (χ2n) is 4.78. The first kappa shape index (κ1) is 13.4. The standard InChI is InChI=1S/C14H17NO4/c16-11-5-3-4-10(8-11)9-13(17)15-7-2-1-6-12(15)14(18)19/h3-5,8,12,16H,1-2,6-7,9H2,(H,18,19)/t12-/m0/s1. The fourth-order valence-corrected chi connectivity index (χ4v) is 2.43. The highest BCUT2D eigenvalue weighted by Gasteiger charge is 2.31. The number of carbonyl (C=O) groups is 2. The van der Waals surface area contributed by atoms with E-state index in [9.17, 15) is 14.7 Å². The maximum absolute atomic E-state index is 12.2. The zero-order valence-corrected chi connectivity index (χ0v) is 10.6. The quantitative estimate of drug-likeness (QED) is 0.864. The number of piperidine rings is 1. The average Bonchev–Trinajstić information content (AvgIpc) is 2.38. The lowest BCUT2D eigenvalue weighted by molar-refractivity contribution is -0.151. The molecular weight excluding hydrogens is 246 g/mol. The van der Waals surface area contributed by atoms with E-state index in [1.807, 2.05) is 0 Å². The maximum Gasteiger partial charge on any atom is 0.326 e. The van der Waals surface area contributed by atoms with Crippen LogP contribution in [0, 0.1) is 0 Å². The molecule has 102 valence electrons. The molecule has 1 amide bonds. The molecular formula is C14H17NO4. The van der Waals surface area contributed by atoms with Crippen molar-refractivity contribution < 1.29 is 19.8 Å². The summed E-state index contributed by atoms with van der Waals surface area (Å²) < 4.78 is 0. The minimum Gasteiger partial charge on any atom is -0.508 e. The van der Waals surface area contributed by atoms with E-state index in [1.54, 1.807) is 12.1 Å². The van der Waals surface area contributed by atoms with Gasteiger partial charge in [0.2, 0.25) is 5.91 Å². The highest BCUT2D eigenvalue weighted by atomic mass is 16.4. The molecule has 1 aromatic carbocycles. The van der Waals surface area contributed by atoms with E-state index in [0.29, 0.717) is 18.5 Å². The third-order valence-electron chi connectivity index (χ3n) is 3.37. The Bertz CT molecular complexity index is 486. The number of hydrogen-bond acceptors (Lipinski definition) is 3. The van der Waals surface area contributed by atoms with Crippen molar-refractivity contribution in [3.8, 4) is 5.75 Å². The molecule has 1 aromatic rings. The summed E-state index contributed by atoms with van der Waals surface area (Å²) in [7, 11) is 0. The maximum atomic E-state index is 12.2. The van der Waals surface area contributed by atoms with Crippen molar-refractivity contribution in [3.63, 3.8) is 0 Å². The number of likely N-dealkylation sites (tertiary alicyclic amines) is 1. The van der Waals surface area contributed by atoms with Crippen molar-refractivity contribution in [1.29, 1.82) is 0 Å². The second kappa shape index (κ2) is 5.73. The van der Waals surface area contributed by atoms with Crippen LogP contribution in [0.2, 0.25) is 0 Å². The highest BCUT2D eigenvalue weighted by Crippen LogP contribution is 2.19. The van der Waals surface area contributed by atoms with Crippen LogP contribution in [0.4, 0.5) is 0 Å². The Morgan fingerprint density at radius 2 is 2.11 bits per heavy atom. The lowest BCUT2D eigenvalue weighted by Crippen LogP contribution is -2.48. The fourth-order valence-electron chi connectivity index (χ4n) is 2.43. The summed E-state index contributed by atoms with van der Waals surface area (Å²) in [6.45, 7) is 0.495. The number of phenols is 1. The van der Waals surface area contributed by atoms with Gasteiger partial charge in [-0.2, -0.15) is 0 Å². The number of benzene rings is 1. The summed E-state index contributed by atoms with van der Waals surface area (Å²) in [5, 5.41) is 18.5. The number of aromatic hydroxyl groups is 1. The van der Waals surface area contributed by atoms with E-state index in [-0.39, 0.29) is 18.1 Å². The first-order chi connectivity index (χ1) is 9.08. The average molecular weight is 263 g/mol. The Labute approximate surface area is 111 Å². The van der Waals surface area contributed by atoms with Gasteiger partial charge in [0.25, 0.3) is 0 Å². The molecule has 0 radical (unpaired) electrons. The van der Waals surface area contributed by atoms with Crippen LogP contribution >= 0.6 is 0 Å². The Balaban J connectivity index is 2.07. The van der Waals surface area contributed by atoms with Gasteiger partial charge >= 0.3 is 5.97 Å². The van der Waals surface area contributed by atoms with Gasteiger partial charge in [-0.15, -0.1) is 0 Å². The molecule has 2 N–H and O–H groups in total. The van der Waals surface area contributed by atoms with Crippen molar-refractivity contribution in [2.45, 2.75) is 31.7 Å². The minimum atomic E-state index is -0.941. The first-order valence-corrected chi connectivity index (χ1v) is 6.38. The summed E-state index contributed by atoms with van der Waals surface area (Å²) >= 11 is 0. The number of aliphatic carboxylic acids is 1. The van der Waals surface area contributed by atoms with E-state index >= 15 is 0 Å². The number of hydrogen-bond donors (Lipinski definition) is 2. The summed E-state index contributed by atoms with van der Waals surface area (Å²) in [6, 6.07) is 5.77. The summed E-state index contributed by atoms with van der Waals surface area (Å²) in [5.74, 6) is -1.03. The molecule has 5 heteroatoms. The molecule has 0 saturated carbocycles. The monoisotopic (exact) mass is 263 g/mol. The third kappa shape index (κ3) is 3.24. The molecule has 1 aliphatic rings. The summed E-state index contributed by atoms with van der Waals surface area (Å²) in [5.41, 5.74) is 0.694. The van der Waals surface area contributed by atoms with Crippen molar-refractivity contribution in [3.05, 3.63) is 29.8 Å². The third-order valence-corrected chi connectivity index (χ3v) is 3.37. The molecule has 1 aliphatic heterocycles. The van der Waals surface area contributed by atoms with Gasteiger partial charge in [0.05, 0.1) is 6.42 Å². The van der Waals surface area contributed by atoms with Gasteiger partial charge in [0.15, 0.2) is 0 Å². The SMILES string of the molecule is O=C(O)[C@@H]1CCCCN1C(=O)Cc1cccc(O)c1. The zero-order valence-electron chi connectivity index (χ0n) is 10.6. The zero-order chi connectivity index (χ0) is 13.8. The molecule has 0 aliphatic carbocycles. The molecule has 1 fully saturated rings. The molecule has 0 aromatic heterocycles. The van der Waals surface area contributed by atoms with Crippen molar-refractivity contribution in [1.82, 2.24) is 4.90 Å². The number of amides is 1. The normalized spacial score (nSPS) is 19.2. The molecule has 1 heterocycles. The lowest BCUT2D eigenvalue weighted by Gasteiger charge is -2.33. The van der Waals surface area contributed by atoms with Gasteiger partial charge in [-0.05, 0) is 37.0 Å². The molecule has 0 spiro atoms. The van der Waals surface area contributed by atoms with Crippen LogP contribution in [0.3, 0.4) is 0 Å². The van der Waals surface area contributed by atoms with Gasteiger partial charge in [-0.1, -0.05) is 12.1 Å². The lowest BCUT2D eigenvalue weighted by atomic mass is 10.0. The Morgan fingerprint density at radius 3 is 2.79 bits per heavy atom. The van der Waals surface area contributed by atoms with Crippen LogP contribution < -0.4 is 0 Å². The highest BCUT2D eigenvalue weighted by molar-refractivity contribution is 5.85. The summed E-state index contributed by atoms with van der Waals surface area (Å²) in [6.07, 6.45) is 2.32. The van der Waals surface area contributed by atoms with Gasteiger partial charge in [-0.3, -0.25) is 4.79 Å². The van der Waals surface area contributed by atoms with Crippen molar-refractivity contribution >= 4 is 11.9 Å². The number of phenolic OH excluding ortho intramolecular Hbond substituents is 1. The van der Waals surface area contributed by atoms with E-state index in [0.717, 1.165) is 12.8 Å². The van der Waals surface area contributed by atoms with Crippen LogP contribution in [-0.4, -0.2) is 39.6 Å². The second-order valence-corrected chi connectivity index (χ2v) is 4.78. The molecule has 0 bridgehead atoms. The van der Waals surface area contributed by atoms with E-state index < -0.39 is 12.0 Å². The first-order valence-electron chi connectivity index (χ1n) is 6.38. The van der Waals surface area contributed by atoms with Crippen LogP contribution in [0.15, 0.2) is 24.3 Å². The van der Waals surface area contributed by atoms with Crippen LogP contribution in [-0.2, 0) is 16.0 Å². The molecule has 1 saturated heterocycles. The smallest absolute Gasteiger partial charge is 0.326 e. The number of carboxylic acid groups (broad SMARTS) is 1. The Kier molecular flexibility index (Phi) is 4.04.